The molecule has 0 aliphatic carbocycles. The first-order chi connectivity index (χ1) is 12.0. The van der Waals surface area contributed by atoms with Gasteiger partial charge >= 0.3 is 0 Å². The molecule has 1 amide bonds. The molecule has 1 aliphatic rings. The molecule has 0 aromatic heterocycles. The first kappa shape index (κ1) is 17.1. The maximum atomic E-state index is 14.3. The van der Waals surface area contributed by atoms with E-state index < -0.39 is 0 Å². The second-order valence-electron chi connectivity index (χ2n) is 6.37. The van der Waals surface area contributed by atoms with Gasteiger partial charge in [-0.15, -0.1) is 0 Å². The van der Waals surface area contributed by atoms with E-state index in [1.165, 1.54) is 13.0 Å². The minimum absolute atomic E-state index is 0.0552. The van der Waals surface area contributed by atoms with Crippen molar-refractivity contribution in [3.8, 4) is 0 Å². The van der Waals surface area contributed by atoms with Gasteiger partial charge in [0, 0.05) is 12.1 Å². The van der Waals surface area contributed by atoms with Gasteiger partial charge in [0.05, 0.1) is 17.9 Å². The highest BCUT2D eigenvalue weighted by molar-refractivity contribution is 6.04. The van der Waals surface area contributed by atoms with E-state index in [0.717, 1.165) is 24.0 Å². The van der Waals surface area contributed by atoms with Crippen molar-refractivity contribution in [1.29, 1.82) is 0 Å². The van der Waals surface area contributed by atoms with Crippen molar-refractivity contribution in [3.05, 3.63) is 58.9 Å². The molecule has 130 valence electrons. The Hall–Kier alpha value is -2.69. The highest BCUT2D eigenvalue weighted by atomic mass is 19.1. The van der Waals surface area contributed by atoms with Crippen LogP contribution in [0.3, 0.4) is 0 Å². The summed E-state index contributed by atoms with van der Waals surface area (Å²) in [6, 6.07) is 10.1. The molecule has 0 bridgehead atoms. The van der Waals surface area contributed by atoms with E-state index in [-0.39, 0.29) is 24.1 Å². The summed E-state index contributed by atoms with van der Waals surface area (Å²) in [5.74, 6) is -0.666. The number of ketones is 1. The first-order valence-electron chi connectivity index (χ1n) is 8.40. The second kappa shape index (κ2) is 7.05. The molecular weight excluding hydrogens is 319 g/mol. The lowest BCUT2D eigenvalue weighted by atomic mass is 9.96. The Labute approximate surface area is 146 Å². The third-order valence-corrected chi connectivity index (χ3v) is 4.55. The van der Waals surface area contributed by atoms with E-state index in [9.17, 15) is 14.0 Å². The van der Waals surface area contributed by atoms with Crippen molar-refractivity contribution in [1.82, 2.24) is 0 Å². The maximum Gasteiger partial charge on any atom is 0.243 e. The highest BCUT2D eigenvalue weighted by Crippen LogP contribution is 2.32. The Balaban J connectivity index is 1.80. The summed E-state index contributed by atoms with van der Waals surface area (Å²) in [5, 5.41) is 2.78. The molecule has 0 radical (unpaired) electrons. The highest BCUT2D eigenvalue weighted by Gasteiger charge is 2.24. The predicted molar refractivity (Wildman–Crippen MR) is 96.7 cm³/mol. The van der Waals surface area contributed by atoms with Gasteiger partial charge < -0.3 is 10.2 Å². The molecule has 4 nitrogen and oxygen atoms in total. The van der Waals surface area contributed by atoms with E-state index >= 15 is 0 Å². The molecule has 25 heavy (non-hydrogen) atoms. The molecule has 2 aromatic rings. The average molecular weight is 340 g/mol. The maximum absolute atomic E-state index is 14.3. The molecular formula is C20H21FN2O2. The van der Waals surface area contributed by atoms with Gasteiger partial charge in [0.25, 0.3) is 0 Å². The lowest BCUT2D eigenvalue weighted by Crippen LogP contribution is -2.37. The van der Waals surface area contributed by atoms with Crippen LogP contribution in [0.2, 0.25) is 0 Å². The molecule has 5 heteroatoms. The van der Waals surface area contributed by atoms with Crippen LogP contribution in [0.5, 0.6) is 0 Å². The number of anilines is 2. The standard InChI is InChI=1S/C20H21FN2O2/c1-13-9-10-17(21)20-15(13)7-5-11-23(20)12-19(25)22-18-8-4-3-6-16(18)14(2)24/h3-4,6,8-10H,5,7,11-12H2,1-2H3,(H,22,25). The number of amides is 1. The summed E-state index contributed by atoms with van der Waals surface area (Å²) in [6.45, 7) is 4.11. The van der Waals surface area contributed by atoms with Gasteiger partial charge in [-0.05, 0) is 56.0 Å². The zero-order valence-electron chi connectivity index (χ0n) is 14.4. The number of nitrogens with zero attached hydrogens (tertiary/aromatic N) is 1. The molecule has 0 unspecified atom stereocenters. The Bertz CT molecular complexity index is 832. The normalized spacial score (nSPS) is 13.3. The molecule has 1 N–H and O–H groups in total. The van der Waals surface area contributed by atoms with E-state index in [2.05, 4.69) is 5.32 Å². The molecule has 0 saturated heterocycles. The van der Waals surface area contributed by atoms with Crippen molar-refractivity contribution in [2.24, 2.45) is 0 Å². The lowest BCUT2D eigenvalue weighted by Gasteiger charge is -2.32. The largest absolute Gasteiger partial charge is 0.360 e. The summed E-state index contributed by atoms with van der Waals surface area (Å²) < 4.78 is 14.3. The van der Waals surface area contributed by atoms with Crippen LogP contribution in [-0.2, 0) is 11.2 Å². The van der Waals surface area contributed by atoms with Crippen LogP contribution in [0, 0.1) is 12.7 Å². The summed E-state index contributed by atoms with van der Waals surface area (Å²) in [4.78, 5) is 25.9. The smallest absolute Gasteiger partial charge is 0.243 e. The zero-order valence-corrected chi connectivity index (χ0v) is 14.4. The van der Waals surface area contributed by atoms with Crippen molar-refractivity contribution < 1.29 is 14.0 Å². The number of hydrogen-bond donors (Lipinski definition) is 1. The number of hydrogen-bond acceptors (Lipinski definition) is 3. The molecule has 2 aromatic carbocycles. The Morgan fingerprint density at radius 2 is 1.96 bits per heavy atom. The molecule has 1 aliphatic heterocycles. The van der Waals surface area contributed by atoms with Gasteiger partial charge in [-0.2, -0.15) is 0 Å². The van der Waals surface area contributed by atoms with Crippen LogP contribution >= 0.6 is 0 Å². The topological polar surface area (TPSA) is 49.4 Å². The lowest BCUT2D eigenvalue weighted by molar-refractivity contribution is -0.115. The number of benzene rings is 2. The molecule has 0 fully saturated rings. The van der Waals surface area contributed by atoms with Gasteiger partial charge in [-0.25, -0.2) is 4.39 Å². The third-order valence-electron chi connectivity index (χ3n) is 4.55. The Morgan fingerprint density at radius 3 is 2.72 bits per heavy atom. The first-order valence-corrected chi connectivity index (χ1v) is 8.40. The minimum atomic E-state index is -0.294. The number of nitrogens with one attached hydrogen (secondary N) is 1. The third kappa shape index (κ3) is 3.55. The fraction of sp³-hybridized carbons (Fsp3) is 0.300. The van der Waals surface area contributed by atoms with E-state index in [1.54, 1.807) is 35.2 Å². The number of halogens is 1. The van der Waals surface area contributed by atoms with Crippen LogP contribution in [0.15, 0.2) is 36.4 Å². The van der Waals surface area contributed by atoms with Gasteiger partial charge in [-0.3, -0.25) is 9.59 Å². The molecule has 3 rings (SSSR count). The Morgan fingerprint density at radius 1 is 1.20 bits per heavy atom. The van der Waals surface area contributed by atoms with Crippen molar-refractivity contribution in [2.75, 3.05) is 23.3 Å². The number of aryl methyl sites for hydroxylation is 1. The van der Waals surface area contributed by atoms with E-state index in [1.807, 2.05) is 6.92 Å². The SMILES string of the molecule is CC(=O)c1ccccc1NC(=O)CN1CCCc2c(C)ccc(F)c21. The van der Waals surface area contributed by atoms with Gasteiger partial charge in [0.15, 0.2) is 5.78 Å². The van der Waals surface area contributed by atoms with Gasteiger partial charge in [0.1, 0.15) is 5.82 Å². The molecule has 0 spiro atoms. The van der Waals surface area contributed by atoms with Crippen LogP contribution in [0.25, 0.3) is 0 Å². The van der Waals surface area contributed by atoms with Crippen molar-refractivity contribution >= 4 is 23.1 Å². The molecule has 0 saturated carbocycles. The van der Waals surface area contributed by atoms with Crippen molar-refractivity contribution in [2.45, 2.75) is 26.7 Å². The number of rotatable bonds is 4. The monoisotopic (exact) mass is 340 g/mol. The zero-order chi connectivity index (χ0) is 18.0. The number of fused-ring (bicyclic) bond motifs is 1. The Kier molecular flexibility index (Phi) is 4.83. The summed E-state index contributed by atoms with van der Waals surface area (Å²) in [5.41, 5.74) is 3.51. The van der Waals surface area contributed by atoms with E-state index in [0.29, 0.717) is 23.5 Å². The van der Waals surface area contributed by atoms with E-state index in [4.69, 9.17) is 0 Å². The fourth-order valence-electron chi connectivity index (χ4n) is 3.34. The summed E-state index contributed by atoms with van der Waals surface area (Å²) in [7, 11) is 0. The number of para-hydroxylation sites is 1. The van der Waals surface area contributed by atoms with Crippen LogP contribution in [-0.4, -0.2) is 24.8 Å². The molecule has 0 atom stereocenters. The van der Waals surface area contributed by atoms with Gasteiger partial charge in [-0.1, -0.05) is 18.2 Å². The minimum Gasteiger partial charge on any atom is -0.360 e. The number of carbonyl (C=O) groups is 2. The quantitative estimate of drug-likeness (QED) is 0.863. The average Bonchev–Trinajstić information content (AvgIpc) is 2.58. The number of carbonyl (C=O) groups excluding carboxylic acids is 2. The predicted octanol–water partition coefficient (Wildman–Crippen LogP) is 3.73. The summed E-state index contributed by atoms with van der Waals surface area (Å²) in [6.07, 6.45) is 1.71. The molecule has 1 heterocycles. The second-order valence-corrected chi connectivity index (χ2v) is 6.37. The summed E-state index contributed by atoms with van der Waals surface area (Å²) >= 11 is 0. The number of Topliss-reactive ketones (excluding diaryl/α,β-unsaturated/α-hetero) is 1. The van der Waals surface area contributed by atoms with Crippen LogP contribution < -0.4 is 10.2 Å². The van der Waals surface area contributed by atoms with Crippen molar-refractivity contribution in [3.63, 3.8) is 0 Å². The van der Waals surface area contributed by atoms with Crippen LogP contribution in [0.4, 0.5) is 15.8 Å². The van der Waals surface area contributed by atoms with Crippen LogP contribution in [0.1, 0.15) is 34.8 Å². The van der Waals surface area contributed by atoms with Gasteiger partial charge in [0.2, 0.25) is 5.91 Å². The fourth-order valence-corrected chi connectivity index (χ4v) is 3.34.